The maximum atomic E-state index is 13.7. The Bertz CT molecular complexity index is 814. The van der Waals surface area contributed by atoms with Crippen LogP contribution in [-0.4, -0.2) is 24.0 Å². The highest BCUT2D eigenvalue weighted by Crippen LogP contribution is 2.16. The third-order valence-electron chi connectivity index (χ3n) is 3.34. The van der Waals surface area contributed by atoms with Crippen molar-refractivity contribution in [1.29, 1.82) is 0 Å². The minimum Gasteiger partial charge on any atom is -0.449 e. The van der Waals surface area contributed by atoms with Gasteiger partial charge in [-0.05, 0) is 30.7 Å². The van der Waals surface area contributed by atoms with Crippen molar-refractivity contribution in [3.05, 3.63) is 70.5 Å². The molecule has 0 fully saturated rings. The molecule has 0 aliphatic heterocycles. The Morgan fingerprint density at radius 1 is 1.15 bits per heavy atom. The molecule has 2 aromatic carbocycles. The van der Waals surface area contributed by atoms with Gasteiger partial charge in [-0.1, -0.05) is 41.9 Å². The molecule has 0 spiro atoms. The molecule has 136 valence electrons. The average Bonchev–Trinajstić information content (AvgIpc) is 2.60. The van der Waals surface area contributed by atoms with Gasteiger partial charge < -0.3 is 10.1 Å². The number of esters is 1. The van der Waals surface area contributed by atoms with Gasteiger partial charge in [-0.15, -0.1) is 0 Å². The Balaban J connectivity index is 1.84. The van der Waals surface area contributed by atoms with E-state index in [4.69, 9.17) is 16.3 Å². The minimum absolute atomic E-state index is 0.125. The maximum Gasteiger partial charge on any atom is 0.341 e. The van der Waals surface area contributed by atoms with Gasteiger partial charge in [-0.25, -0.2) is 14.0 Å². The molecular formula is C18H16ClFN2O4. The summed E-state index contributed by atoms with van der Waals surface area (Å²) in [4.78, 5) is 35.5. The number of ether oxygens (including phenoxy) is 1. The lowest BCUT2D eigenvalue weighted by Crippen LogP contribution is -2.44. The maximum absolute atomic E-state index is 13.7. The standard InChI is InChI=1S/C18H16ClFN2O4/c1-11(26-17(24)14-8-7-13(19)9-15(14)20)16(23)22-18(25)21-10-12-5-3-2-4-6-12/h2-9,11H,10H2,1H3,(H2,21,22,23,25)/t11-/m0/s1. The summed E-state index contributed by atoms with van der Waals surface area (Å²) in [6.07, 6.45) is -1.29. The summed E-state index contributed by atoms with van der Waals surface area (Å²) >= 11 is 5.61. The summed E-state index contributed by atoms with van der Waals surface area (Å²) in [7, 11) is 0. The molecule has 6 nitrogen and oxygen atoms in total. The molecule has 0 aliphatic rings. The van der Waals surface area contributed by atoms with Gasteiger partial charge in [0.2, 0.25) is 0 Å². The van der Waals surface area contributed by atoms with Crippen LogP contribution in [0.4, 0.5) is 9.18 Å². The van der Waals surface area contributed by atoms with E-state index in [1.165, 1.54) is 13.0 Å². The number of rotatable bonds is 5. The molecule has 0 heterocycles. The Kier molecular flexibility index (Phi) is 6.68. The van der Waals surface area contributed by atoms with E-state index >= 15 is 0 Å². The quantitative estimate of drug-likeness (QED) is 0.783. The fourth-order valence-corrected chi connectivity index (χ4v) is 2.13. The van der Waals surface area contributed by atoms with Crippen LogP contribution in [0.1, 0.15) is 22.8 Å². The van der Waals surface area contributed by atoms with Crippen molar-refractivity contribution in [2.24, 2.45) is 0 Å². The number of nitrogens with one attached hydrogen (secondary N) is 2. The van der Waals surface area contributed by atoms with E-state index in [2.05, 4.69) is 5.32 Å². The molecule has 2 aromatic rings. The molecule has 0 saturated carbocycles. The van der Waals surface area contributed by atoms with Crippen LogP contribution in [0.25, 0.3) is 0 Å². The van der Waals surface area contributed by atoms with Gasteiger partial charge in [0.1, 0.15) is 5.82 Å². The SMILES string of the molecule is C[C@H](OC(=O)c1ccc(Cl)cc1F)C(=O)NC(=O)NCc1ccccc1. The Hall–Kier alpha value is -2.93. The zero-order valence-electron chi connectivity index (χ0n) is 13.8. The third kappa shape index (κ3) is 5.56. The summed E-state index contributed by atoms with van der Waals surface area (Å²) in [5.41, 5.74) is 0.496. The van der Waals surface area contributed by atoms with Gasteiger partial charge in [0.05, 0.1) is 5.56 Å². The molecule has 1 atom stereocenters. The van der Waals surface area contributed by atoms with Crippen molar-refractivity contribution in [1.82, 2.24) is 10.6 Å². The topological polar surface area (TPSA) is 84.5 Å². The van der Waals surface area contributed by atoms with Gasteiger partial charge in [0.25, 0.3) is 5.91 Å². The Labute approximate surface area is 154 Å². The van der Waals surface area contributed by atoms with Crippen molar-refractivity contribution in [3.63, 3.8) is 0 Å². The average molecular weight is 379 g/mol. The van der Waals surface area contributed by atoms with Crippen molar-refractivity contribution in [2.75, 3.05) is 0 Å². The van der Waals surface area contributed by atoms with E-state index in [9.17, 15) is 18.8 Å². The summed E-state index contributed by atoms with van der Waals surface area (Å²) in [6.45, 7) is 1.50. The molecule has 2 rings (SSSR count). The largest absolute Gasteiger partial charge is 0.449 e. The van der Waals surface area contributed by atoms with Gasteiger partial charge in [0, 0.05) is 11.6 Å². The first-order chi connectivity index (χ1) is 12.4. The summed E-state index contributed by atoms with van der Waals surface area (Å²) in [5.74, 6) is -2.74. The first kappa shape index (κ1) is 19.4. The molecule has 0 aromatic heterocycles. The van der Waals surface area contributed by atoms with Crippen LogP contribution < -0.4 is 10.6 Å². The summed E-state index contributed by atoms with van der Waals surface area (Å²) in [6, 6.07) is 11.8. The Morgan fingerprint density at radius 3 is 2.50 bits per heavy atom. The van der Waals surface area contributed by atoms with E-state index < -0.39 is 29.8 Å². The number of benzene rings is 2. The first-order valence-electron chi connectivity index (χ1n) is 7.65. The smallest absolute Gasteiger partial charge is 0.341 e. The second-order valence-electron chi connectivity index (χ2n) is 5.33. The number of imide groups is 1. The van der Waals surface area contributed by atoms with Crippen molar-refractivity contribution in [2.45, 2.75) is 19.6 Å². The van der Waals surface area contributed by atoms with Gasteiger partial charge in [-0.2, -0.15) is 0 Å². The number of amides is 3. The second kappa shape index (κ2) is 8.96. The van der Waals surface area contributed by atoms with Gasteiger partial charge >= 0.3 is 12.0 Å². The van der Waals surface area contributed by atoms with Crippen LogP contribution in [0.5, 0.6) is 0 Å². The fourth-order valence-electron chi connectivity index (χ4n) is 1.97. The highest BCUT2D eigenvalue weighted by molar-refractivity contribution is 6.30. The number of halogens is 2. The molecule has 0 saturated heterocycles. The zero-order chi connectivity index (χ0) is 19.1. The van der Waals surface area contributed by atoms with Crippen LogP contribution in [-0.2, 0) is 16.1 Å². The Morgan fingerprint density at radius 2 is 1.85 bits per heavy atom. The molecule has 0 aliphatic carbocycles. The van der Waals surface area contributed by atoms with Crippen molar-refractivity contribution < 1.29 is 23.5 Å². The molecule has 2 N–H and O–H groups in total. The van der Waals surface area contributed by atoms with Gasteiger partial charge in [0.15, 0.2) is 6.10 Å². The van der Waals surface area contributed by atoms with Gasteiger partial charge in [-0.3, -0.25) is 10.1 Å². The lowest BCUT2D eigenvalue weighted by atomic mass is 10.2. The highest BCUT2D eigenvalue weighted by Gasteiger charge is 2.22. The molecule has 0 unspecified atom stereocenters. The fraction of sp³-hybridized carbons (Fsp3) is 0.167. The third-order valence-corrected chi connectivity index (χ3v) is 3.57. The number of carbonyl (C=O) groups is 3. The predicted octanol–water partition coefficient (Wildman–Crippen LogP) is 3.05. The predicted molar refractivity (Wildman–Crippen MR) is 93.1 cm³/mol. The highest BCUT2D eigenvalue weighted by atomic mass is 35.5. The number of hydrogen-bond acceptors (Lipinski definition) is 4. The number of urea groups is 1. The molecule has 3 amide bonds. The first-order valence-corrected chi connectivity index (χ1v) is 8.03. The van der Waals surface area contributed by atoms with Crippen molar-refractivity contribution >= 4 is 29.5 Å². The van der Waals surface area contributed by atoms with Crippen LogP contribution in [0.15, 0.2) is 48.5 Å². The lowest BCUT2D eigenvalue weighted by molar-refractivity contribution is -0.127. The van der Waals surface area contributed by atoms with E-state index in [0.717, 1.165) is 17.7 Å². The lowest BCUT2D eigenvalue weighted by Gasteiger charge is -2.13. The van der Waals surface area contributed by atoms with Crippen LogP contribution in [0.2, 0.25) is 5.02 Å². The van der Waals surface area contributed by atoms with E-state index in [1.807, 2.05) is 35.6 Å². The second-order valence-corrected chi connectivity index (χ2v) is 5.77. The zero-order valence-corrected chi connectivity index (χ0v) is 14.5. The number of hydrogen-bond donors (Lipinski definition) is 2. The van der Waals surface area contributed by atoms with E-state index in [0.29, 0.717) is 0 Å². The number of carbonyl (C=O) groups excluding carboxylic acids is 3. The molecule has 26 heavy (non-hydrogen) atoms. The van der Waals surface area contributed by atoms with Crippen LogP contribution in [0.3, 0.4) is 0 Å². The molecule has 0 bridgehead atoms. The van der Waals surface area contributed by atoms with E-state index in [-0.39, 0.29) is 17.1 Å². The monoisotopic (exact) mass is 378 g/mol. The summed E-state index contributed by atoms with van der Waals surface area (Å²) < 4.78 is 18.5. The normalized spacial score (nSPS) is 11.3. The van der Waals surface area contributed by atoms with E-state index in [1.54, 1.807) is 0 Å². The summed E-state index contributed by atoms with van der Waals surface area (Å²) in [5, 5.41) is 4.67. The molecule has 0 radical (unpaired) electrons. The molecule has 8 heteroatoms. The van der Waals surface area contributed by atoms with Crippen LogP contribution in [0, 0.1) is 5.82 Å². The van der Waals surface area contributed by atoms with Crippen molar-refractivity contribution in [3.8, 4) is 0 Å². The van der Waals surface area contributed by atoms with Crippen LogP contribution >= 0.6 is 11.6 Å². The molecular weight excluding hydrogens is 363 g/mol. The minimum atomic E-state index is -1.29.